The number of amides is 1. The van der Waals surface area contributed by atoms with E-state index in [1.165, 1.54) is 9.08 Å². The number of carbonyl (C=O) groups is 1. The zero-order valence-electron chi connectivity index (χ0n) is 16.5. The summed E-state index contributed by atoms with van der Waals surface area (Å²) in [5.41, 5.74) is 3.19. The van der Waals surface area contributed by atoms with Crippen LogP contribution in [-0.2, 0) is 11.3 Å². The molecule has 0 spiro atoms. The molecule has 1 aliphatic rings. The normalized spacial score (nSPS) is 12.3. The highest BCUT2D eigenvalue weighted by molar-refractivity contribution is 9.10. The summed E-state index contributed by atoms with van der Waals surface area (Å²) < 4.78 is 14.6. The molecule has 8 nitrogen and oxygen atoms in total. The van der Waals surface area contributed by atoms with E-state index in [0.29, 0.717) is 28.4 Å². The third kappa shape index (κ3) is 3.68. The summed E-state index contributed by atoms with van der Waals surface area (Å²) in [6.45, 7) is 2.03. The summed E-state index contributed by atoms with van der Waals surface area (Å²) in [6.07, 6.45) is 3.21. The van der Waals surface area contributed by atoms with E-state index in [2.05, 4.69) is 26.3 Å². The van der Waals surface area contributed by atoms with Crippen LogP contribution in [0.15, 0.2) is 64.1 Å². The average molecular weight is 481 g/mol. The molecule has 0 atom stereocenters. The van der Waals surface area contributed by atoms with Gasteiger partial charge in [-0.1, -0.05) is 15.9 Å². The van der Waals surface area contributed by atoms with Crippen LogP contribution in [0.1, 0.15) is 5.56 Å². The summed E-state index contributed by atoms with van der Waals surface area (Å²) in [5, 5.41) is 7.30. The van der Waals surface area contributed by atoms with Gasteiger partial charge in [-0.05, 0) is 55.0 Å². The zero-order valence-corrected chi connectivity index (χ0v) is 18.0. The maximum absolute atomic E-state index is 12.9. The monoisotopic (exact) mass is 480 g/mol. The smallest absolute Gasteiger partial charge is 0.277 e. The maximum atomic E-state index is 12.9. The fourth-order valence-electron chi connectivity index (χ4n) is 3.43. The molecule has 156 valence electrons. The Morgan fingerprint density at radius 3 is 2.81 bits per heavy atom. The van der Waals surface area contributed by atoms with Crippen LogP contribution in [0.4, 0.5) is 5.69 Å². The fraction of sp³-hybridized carbons (Fsp3) is 0.136. The van der Waals surface area contributed by atoms with Crippen LogP contribution in [0.2, 0.25) is 0 Å². The molecule has 1 N–H and O–H groups in total. The first-order valence-electron chi connectivity index (χ1n) is 9.53. The minimum absolute atomic E-state index is 0.102. The maximum Gasteiger partial charge on any atom is 0.277 e. The molecular formula is C22H17BrN4O4. The standard InChI is InChI=1S/C22H17BrN4O4/c1-13-8-15(3-4-16(13)23)24-21(28)11-26-6-7-27-18(22(26)29)10-17(25-27)14-2-5-19-20(9-14)31-12-30-19/h2-10H,11-12H2,1H3,(H,24,28). The molecule has 1 aliphatic heterocycles. The zero-order chi connectivity index (χ0) is 21.5. The number of ether oxygens (including phenoxy) is 2. The van der Waals surface area contributed by atoms with Gasteiger partial charge in [-0.15, -0.1) is 0 Å². The fourth-order valence-corrected chi connectivity index (χ4v) is 3.67. The minimum Gasteiger partial charge on any atom is -0.454 e. The lowest BCUT2D eigenvalue weighted by molar-refractivity contribution is -0.116. The van der Waals surface area contributed by atoms with Crippen molar-refractivity contribution < 1.29 is 14.3 Å². The molecule has 0 bridgehead atoms. The number of halogens is 1. The molecule has 0 radical (unpaired) electrons. The number of aryl methyl sites for hydroxylation is 1. The van der Waals surface area contributed by atoms with Crippen molar-refractivity contribution in [2.24, 2.45) is 0 Å². The highest BCUT2D eigenvalue weighted by atomic mass is 79.9. The lowest BCUT2D eigenvalue weighted by atomic mass is 10.1. The SMILES string of the molecule is Cc1cc(NC(=O)Cn2ccn3nc(-c4ccc5c(c4)OCO5)cc3c2=O)ccc1Br. The van der Waals surface area contributed by atoms with E-state index in [0.717, 1.165) is 15.6 Å². The highest BCUT2D eigenvalue weighted by Gasteiger charge is 2.16. The van der Waals surface area contributed by atoms with Gasteiger partial charge in [0.1, 0.15) is 12.1 Å². The molecule has 31 heavy (non-hydrogen) atoms. The van der Waals surface area contributed by atoms with Gasteiger partial charge in [0.25, 0.3) is 5.56 Å². The Balaban J connectivity index is 1.40. The number of carbonyl (C=O) groups excluding carboxylic acids is 1. The van der Waals surface area contributed by atoms with Gasteiger partial charge in [0.15, 0.2) is 11.5 Å². The van der Waals surface area contributed by atoms with Crippen LogP contribution >= 0.6 is 15.9 Å². The van der Waals surface area contributed by atoms with Crippen molar-refractivity contribution in [1.29, 1.82) is 0 Å². The van der Waals surface area contributed by atoms with E-state index in [9.17, 15) is 9.59 Å². The number of hydrogen-bond acceptors (Lipinski definition) is 5. The first-order chi connectivity index (χ1) is 15.0. The van der Waals surface area contributed by atoms with Crippen molar-refractivity contribution in [3.8, 4) is 22.8 Å². The van der Waals surface area contributed by atoms with Crippen molar-refractivity contribution in [3.05, 3.63) is 75.2 Å². The second-order valence-corrected chi connectivity index (χ2v) is 8.03. The topological polar surface area (TPSA) is 86.9 Å². The third-order valence-electron chi connectivity index (χ3n) is 5.03. The summed E-state index contributed by atoms with van der Waals surface area (Å²) in [7, 11) is 0. The Bertz CT molecular complexity index is 1390. The van der Waals surface area contributed by atoms with Crippen molar-refractivity contribution in [2.45, 2.75) is 13.5 Å². The van der Waals surface area contributed by atoms with Gasteiger partial charge >= 0.3 is 0 Å². The van der Waals surface area contributed by atoms with E-state index in [1.807, 2.05) is 37.3 Å². The molecule has 0 aliphatic carbocycles. The molecule has 0 saturated heterocycles. The molecule has 2 aromatic carbocycles. The summed E-state index contributed by atoms with van der Waals surface area (Å²) in [6, 6.07) is 12.7. The number of aromatic nitrogens is 3. The summed E-state index contributed by atoms with van der Waals surface area (Å²) >= 11 is 3.44. The van der Waals surface area contributed by atoms with Crippen LogP contribution in [0.3, 0.4) is 0 Å². The van der Waals surface area contributed by atoms with Gasteiger partial charge in [-0.3, -0.25) is 9.59 Å². The van der Waals surface area contributed by atoms with Crippen LogP contribution in [0, 0.1) is 6.92 Å². The van der Waals surface area contributed by atoms with Crippen molar-refractivity contribution in [1.82, 2.24) is 14.2 Å². The molecule has 0 saturated carbocycles. The van der Waals surface area contributed by atoms with Crippen molar-refractivity contribution in [2.75, 3.05) is 12.1 Å². The number of nitrogens with zero attached hydrogens (tertiary/aromatic N) is 3. The van der Waals surface area contributed by atoms with Gasteiger partial charge in [-0.2, -0.15) is 5.10 Å². The number of hydrogen-bond donors (Lipinski definition) is 1. The number of rotatable bonds is 4. The minimum atomic E-state index is -0.302. The summed E-state index contributed by atoms with van der Waals surface area (Å²) in [5.74, 6) is 1.04. The highest BCUT2D eigenvalue weighted by Crippen LogP contribution is 2.35. The van der Waals surface area contributed by atoms with E-state index in [1.54, 1.807) is 24.5 Å². The number of anilines is 1. The van der Waals surface area contributed by atoms with Crippen molar-refractivity contribution >= 4 is 33.0 Å². The number of nitrogens with one attached hydrogen (secondary N) is 1. The van der Waals surface area contributed by atoms with Crippen molar-refractivity contribution in [3.63, 3.8) is 0 Å². The molecule has 2 aromatic heterocycles. The van der Waals surface area contributed by atoms with Gasteiger partial charge in [0, 0.05) is 28.1 Å². The molecule has 1 amide bonds. The second-order valence-electron chi connectivity index (χ2n) is 7.17. The van der Waals surface area contributed by atoms with Crippen LogP contribution < -0.4 is 20.3 Å². The van der Waals surface area contributed by atoms with E-state index in [-0.39, 0.29) is 24.8 Å². The molecular weight excluding hydrogens is 464 g/mol. The molecule has 0 fully saturated rings. The van der Waals surface area contributed by atoms with Crippen LogP contribution in [0.5, 0.6) is 11.5 Å². The quantitative estimate of drug-likeness (QED) is 0.482. The van der Waals surface area contributed by atoms with Gasteiger partial charge < -0.3 is 19.4 Å². The first-order valence-corrected chi connectivity index (χ1v) is 10.3. The van der Waals surface area contributed by atoms with Crippen LogP contribution in [-0.4, -0.2) is 26.9 Å². The third-order valence-corrected chi connectivity index (χ3v) is 5.92. The van der Waals surface area contributed by atoms with E-state index >= 15 is 0 Å². The molecule has 5 rings (SSSR count). The number of benzene rings is 2. The molecule has 3 heterocycles. The Hall–Kier alpha value is -3.59. The Kier molecular flexibility index (Phi) is 4.74. The second kappa shape index (κ2) is 7.59. The van der Waals surface area contributed by atoms with Gasteiger partial charge in [0.05, 0.1) is 5.69 Å². The predicted molar refractivity (Wildman–Crippen MR) is 119 cm³/mol. The first kappa shape index (κ1) is 19.4. The van der Waals surface area contributed by atoms with Gasteiger partial charge in [-0.25, -0.2) is 4.52 Å². The Labute approximate surface area is 185 Å². The number of fused-ring (bicyclic) bond motifs is 2. The molecule has 4 aromatic rings. The summed E-state index contributed by atoms with van der Waals surface area (Å²) in [4.78, 5) is 25.4. The van der Waals surface area contributed by atoms with Gasteiger partial charge in [0.2, 0.25) is 12.7 Å². The average Bonchev–Trinajstić information content (AvgIpc) is 3.39. The molecule has 9 heteroatoms. The predicted octanol–water partition coefficient (Wildman–Crippen LogP) is 3.60. The Morgan fingerprint density at radius 2 is 1.97 bits per heavy atom. The van der Waals surface area contributed by atoms with Crippen LogP contribution in [0.25, 0.3) is 16.8 Å². The van der Waals surface area contributed by atoms with E-state index < -0.39 is 0 Å². The lowest BCUT2D eigenvalue weighted by Crippen LogP contribution is -2.28. The largest absolute Gasteiger partial charge is 0.454 e. The Morgan fingerprint density at radius 1 is 1.13 bits per heavy atom. The molecule has 0 unspecified atom stereocenters. The van der Waals surface area contributed by atoms with E-state index in [4.69, 9.17) is 9.47 Å². The lowest BCUT2D eigenvalue weighted by Gasteiger charge is -2.09.